The predicted molar refractivity (Wildman–Crippen MR) is 110 cm³/mol. The van der Waals surface area contributed by atoms with Crippen LogP contribution in [0.4, 0.5) is 5.00 Å². The molecule has 0 spiro atoms. The summed E-state index contributed by atoms with van der Waals surface area (Å²) in [6.45, 7) is 1.93. The number of nitrogens with zero attached hydrogens (tertiary/aromatic N) is 1. The van der Waals surface area contributed by atoms with E-state index in [-0.39, 0.29) is 18.1 Å². The number of aromatic nitrogens is 1. The maximum atomic E-state index is 13.2. The van der Waals surface area contributed by atoms with Crippen molar-refractivity contribution in [2.24, 2.45) is 0 Å². The summed E-state index contributed by atoms with van der Waals surface area (Å²) in [6.07, 6.45) is 4.34. The minimum absolute atomic E-state index is 0.00481. The Morgan fingerprint density at radius 1 is 1.15 bits per heavy atom. The number of ketones is 1. The van der Waals surface area contributed by atoms with Crippen molar-refractivity contribution >= 4 is 39.4 Å². The van der Waals surface area contributed by atoms with E-state index < -0.39 is 0 Å². The largest absolute Gasteiger partial charge is 0.317 e. The van der Waals surface area contributed by atoms with Gasteiger partial charge in [0, 0.05) is 15.8 Å². The molecule has 2 heterocycles. The lowest BCUT2D eigenvalue weighted by Crippen LogP contribution is -2.16. The Labute approximate surface area is 166 Å². The van der Waals surface area contributed by atoms with E-state index >= 15 is 0 Å². The minimum Gasteiger partial charge on any atom is -0.317 e. The highest BCUT2D eigenvalue weighted by atomic mass is 32.1. The van der Waals surface area contributed by atoms with Crippen LogP contribution in [0.2, 0.25) is 0 Å². The van der Waals surface area contributed by atoms with Crippen LogP contribution in [0.1, 0.15) is 49.9 Å². The van der Waals surface area contributed by atoms with Crippen LogP contribution in [-0.2, 0) is 24.1 Å². The van der Waals surface area contributed by atoms with Gasteiger partial charge in [-0.1, -0.05) is 30.3 Å². The standard InChI is InChI=1S/C21H20N2O2S2/c1-13-22-15(12-26-13)11-18(24)23-21-19(16-9-5-6-10-17(16)27-21)20(25)14-7-3-2-4-8-14/h2-4,7-8,12H,5-6,9-11H2,1H3,(H,23,24). The third-order valence-corrected chi connectivity index (χ3v) is 6.73. The van der Waals surface area contributed by atoms with Gasteiger partial charge in [-0.05, 0) is 38.2 Å². The van der Waals surface area contributed by atoms with Crippen LogP contribution in [0.25, 0.3) is 0 Å². The summed E-state index contributed by atoms with van der Waals surface area (Å²) in [5.74, 6) is -0.129. The molecule has 1 aromatic carbocycles. The highest BCUT2D eigenvalue weighted by Gasteiger charge is 2.27. The summed E-state index contributed by atoms with van der Waals surface area (Å²) < 4.78 is 0. The summed E-state index contributed by atoms with van der Waals surface area (Å²) in [5, 5.41) is 6.54. The van der Waals surface area contributed by atoms with Gasteiger partial charge >= 0.3 is 0 Å². The van der Waals surface area contributed by atoms with E-state index in [2.05, 4.69) is 10.3 Å². The number of rotatable bonds is 5. The second-order valence-corrected chi connectivity index (χ2v) is 8.86. The first-order chi connectivity index (χ1) is 13.1. The smallest absolute Gasteiger partial charge is 0.231 e. The monoisotopic (exact) mass is 396 g/mol. The molecule has 138 valence electrons. The van der Waals surface area contributed by atoms with Crippen LogP contribution < -0.4 is 5.32 Å². The second-order valence-electron chi connectivity index (χ2n) is 6.69. The highest BCUT2D eigenvalue weighted by Crippen LogP contribution is 2.39. The molecule has 2 aromatic heterocycles. The Hall–Kier alpha value is -2.31. The third kappa shape index (κ3) is 3.87. The zero-order chi connectivity index (χ0) is 18.8. The number of nitrogens with one attached hydrogen (secondary N) is 1. The van der Waals surface area contributed by atoms with Crippen molar-refractivity contribution in [2.45, 2.75) is 39.0 Å². The van der Waals surface area contributed by atoms with Gasteiger partial charge in [0.15, 0.2) is 5.78 Å². The number of fused-ring (bicyclic) bond motifs is 1. The van der Waals surface area contributed by atoms with Crippen LogP contribution >= 0.6 is 22.7 Å². The summed E-state index contributed by atoms with van der Waals surface area (Å²) in [6, 6.07) is 9.31. The van der Waals surface area contributed by atoms with Gasteiger partial charge in [-0.2, -0.15) is 0 Å². The summed E-state index contributed by atoms with van der Waals surface area (Å²) in [5.41, 5.74) is 3.24. The molecule has 0 atom stereocenters. The Morgan fingerprint density at radius 3 is 2.67 bits per heavy atom. The van der Waals surface area contributed by atoms with Crippen LogP contribution in [0, 0.1) is 6.92 Å². The maximum absolute atomic E-state index is 13.2. The van der Waals surface area contributed by atoms with Gasteiger partial charge in [0.25, 0.3) is 0 Å². The average Bonchev–Trinajstić information content (AvgIpc) is 3.24. The summed E-state index contributed by atoms with van der Waals surface area (Å²) in [4.78, 5) is 31.3. The van der Waals surface area contributed by atoms with Crippen molar-refractivity contribution in [3.63, 3.8) is 0 Å². The lowest BCUT2D eigenvalue weighted by atomic mass is 9.92. The van der Waals surface area contributed by atoms with Gasteiger partial charge in [0.1, 0.15) is 5.00 Å². The summed E-state index contributed by atoms with van der Waals surface area (Å²) in [7, 11) is 0. The Bertz CT molecular complexity index is 989. The molecule has 1 aliphatic rings. The van der Waals surface area contributed by atoms with E-state index in [1.807, 2.05) is 42.6 Å². The molecule has 0 aliphatic heterocycles. The molecule has 1 amide bonds. The second kappa shape index (κ2) is 7.74. The molecule has 6 heteroatoms. The van der Waals surface area contributed by atoms with Crippen LogP contribution in [-0.4, -0.2) is 16.7 Å². The van der Waals surface area contributed by atoms with Crippen molar-refractivity contribution in [3.8, 4) is 0 Å². The lowest BCUT2D eigenvalue weighted by molar-refractivity contribution is -0.115. The average molecular weight is 397 g/mol. The molecule has 4 nitrogen and oxygen atoms in total. The fourth-order valence-corrected chi connectivity index (χ4v) is 5.37. The van der Waals surface area contributed by atoms with Gasteiger partial charge in [0.05, 0.1) is 22.7 Å². The molecule has 0 radical (unpaired) electrons. The molecule has 1 aliphatic carbocycles. The maximum Gasteiger partial charge on any atom is 0.231 e. The Morgan fingerprint density at radius 2 is 1.93 bits per heavy atom. The molecule has 0 saturated heterocycles. The first-order valence-electron chi connectivity index (χ1n) is 9.07. The third-order valence-electron chi connectivity index (χ3n) is 4.70. The van der Waals surface area contributed by atoms with Crippen molar-refractivity contribution in [2.75, 3.05) is 5.32 Å². The van der Waals surface area contributed by atoms with E-state index in [9.17, 15) is 9.59 Å². The number of carbonyl (C=O) groups excluding carboxylic acids is 2. The molecule has 27 heavy (non-hydrogen) atoms. The number of carbonyl (C=O) groups is 2. The molecular formula is C21H20N2O2S2. The normalized spacial score (nSPS) is 13.2. The van der Waals surface area contributed by atoms with Gasteiger partial charge in [0.2, 0.25) is 5.91 Å². The van der Waals surface area contributed by atoms with Crippen LogP contribution in [0.3, 0.4) is 0 Å². The fraction of sp³-hybridized carbons (Fsp3) is 0.286. The fourth-order valence-electron chi connectivity index (χ4n) is 3.45. The molecule has 0 fully saturated rings. The highest BCUT2D eigenvalue weighted by molar-refractivity contribution is 7.17. The van der Waals surface area contributed by atoms with Crippen molar-refractivity contribution < 1.29 is 9.59 Å². The summed E-state index contributed by atoms with van der Waals surface area (Å²) >= 11 is 3.10. The minimum atomic E-state index is -0.124. The number of hydrogen-bond donors (Lipinski definition) is 1. The number of anilines is 1. The Kier molecular flexibility index (Phi) is 5.18. The molecule has 3 aromatic rings. The quantitative estimate of drug-likeness (QED) is 0.630. The van der Waals surface area contributed by atoms with Crippen molar-refractivity contribution in [1.29, 1.82) is 0 Å². The van der Waals surface area contributed by atoms with E-state index in [0.29, 0.717) is 16.1 Å². The number of aryl methyl sites for hydroxylation is 2. The van der Waals surface area contributed by atoms with Gasteiger partial charge in [-0.15, -0.1) is 22.7 Å². The van der Waals surface area contributed by atoms with Crippen molar-refractivity contribution in [1.82, 2.24) is 4.98 Å². The molecule has 0 unspecified atom stereocenters. The van der Waals surface area contributed by atoms with Gasteiger partial charge in [-0.3, -0.25) is 9.59 Å². The number of thiazole rings is 1. The topological polar surface area (TPSA) is 59.1 Å². The number of hydrogen-bond acceptors (Lipinski definition) is 5. The Balaban J connectivity index is 1.64. The first kappa shape index (κ1) is 18.1. The van der Waals surface area contributed by atoms with E-state index in [1.54, 1.807) is 11.3 Å². The molecule has 1 N–H and O–H groups in total. The predicted octanol–water partition coefficient (Wildman–Crippen LogP) is 4.80. The van der Waals surface area contributed by atoms with Crippen molar-refractivity contribution in [3.05, 3.63) is 68.0 Å². The zero-order valence-corrected chi connectivity index (χ0v) is 16.7. The van der Waals surface area contributed by atoms with E-state index in [0.717, 1.165) is 41.9 Å². The van der Waals surface area contributed by atoms with Gasteiger partial charge < -0.3 is 5.32 Å². The molecule has 0 bridgehead atoms. The SMILES string of the molecule is Cc1nc(CC(=O)Nc2sc3c(c2C(=O)c2ccccc2)CCCC3)cs1. The number of thiophene rings is 1. The first-order valence-corrected chi connectivity index (χ1v) is 10.8. The van der Waals surface area contributed by atoms with E-state index in [4.69, 9.17) is 0 Å². The zero-order valence-electron chi connectivity index (χ0n) is 15.1. The van der Waals surface area contributed by atoms with E-state index in [1.165, 1.54) is 16.2 Å². The number of benzene rings is 1. The molecule has 4 rings (SSSR count). The van der Waals surface area contributed by atoms with Gasteiger partial charge in [-0.25, -0.2) is 4.98 Å². The van der Waals surface area contributed by atoms with Crippen LogP contribution in [0.15, 0.2) is 35.7 Å². The lowest BCUT2D eigenvalue weighted by Gasteiger charge is -2.12. The molecule has 0 saturated carbocycles. The molecular weight excluding hydrogens is 376 g/mol. The van der Waals surface area contributed by atoms with Crippen LogP contribution in [0.5, 0.6) is 0 Å². The number of amides is 1.